The van der Waals surface area contributed by atoms with E-state index in [2.05, 4.69) is 40.1 Å². The normalized spacial score (nSPS) is 20.4. The Hall–Kier alpha value is -8.77. The van der Waals surface area contributed by atoms with Crippen LogP contribution in [-0.4, -0.2) is 159 Å². The van der Waals surface area contributed by atoms with Gasteiger partial charge in [-0.2, -0.15) is 13.5 Å². The lowest BCUT2D eigenvalue weighted by molar-refractivity contribution is -0.248. The monoisotopic (exact) mass is 1450 g/mol. The fourth-order valence-corrected chi connectivity index (χ4v) is 17.8. The Morgan fingerprint density at radius 3 is 2.24 bits per heavy atom. The number of amides is 8. The van der Waals surface area contributed by atoms with Gasteiger partial charge in [0.1, 0.15) is 30.4 Å². The van der Waals surface area contributed by atoms with Crippen molar-refractivity contribution in [3.63, 3.8) is 0 Å². The minimum Gasteiger partial charge on any atom is -0.476 e. The molecule has 30 heteroatoms. The molecule has 4 atom stereocenters. The molecule has 3 aromatic carbocycles. The number of carboxylic acids is 1. The summed E-state index contributed by atoms with van der Waals surface area (Å²) in [5, 5.41) is 27.1. The lowest BCUT2D eigenvalue weighted by Crippen LogP contribution is -2.64. The number of ether oxygens (including phenoxy) is 2. The van der Waals surface area contributed by atoms with E-state index in [1.54, 1.807) is 44.3 Å². The number of nitrogens with two attached hydrogens (primary N) is 2. The average Bonchev–Trinajstić information content (AvgIpc) is 1.17. The number of halogens is 1. The van der Waals surface area contributed by atoms with Crippen LogP contribution in [0.4, 0.5) is 26.2 Å². The van der Waals surface area contributed by atoms with E-state index in [-0.39, 0.29) is 90.9 Å². The number of urea groups is 1. The minimum absolute atomic E-state index is 0.00163. The quantitative estimate of drug-likeness (QED) is 0.0108. The maximum absolute atomic E-state index is 14.7. The molecule has 101 heavy (non-hydrogen) atoms. The summed E-state index contributed by atoms with van der Waals surface area (Å²) in [5.41, 5.74) is 15.6. The van der Waals surface area contributed by atoms with Crippen LogP contribution in [0.5, 0.6) is 0 Å². The van der Waals surface area contributed by atoms with Gasteiger partial charge in [-0.15, -0.1) is 11.6 Å². The Morgan fingerprint density at radius 2 is 1.55 bits per heavy atom. The number of alkyl halides is 1. The zero-order valence-corrected chi connectivity index (χ0v) is 59.9. The van der Waals surface area contributed by atoms with Gasteiger partial charge in [0.2, 0.25) is 17.7 Å². The molecule has 3 aromatic heterocycles. The Labute approximate surface area is 595 Å². The van der Waals surface area contributed by atoms with Crippen molar-refractivity contribution in [2.45, 2.75) is 155 Å². The first-order chi connectivity index (χ1) is 48.0. The van der Waals surface area contributed by atoms with E-state index in [4.69, 9.17) is 42.6 Å². The van der Waals surface area contributed by atoms with Gasteiger partial charge in [0.15, 0.2) is 10.8 Å². The molecular weight excluding hydrogens is 1360 g/mol. The molecule has 8 amide bonds. The van der Waals surface area contributed by atoms with Crippen molar-refractivity contribution in [1.82, 2.24) is 40.6 Å². The van der Waals surface area contributed by atoms with Crippen LogP contribution < -0.4 is 42.5 Å². The third-order valence-corrected chi connectivity index (χ3v) is 21.7. The number of hydrogen-bond acceptors (Lipinski definition) is 17. The number of rotatable bonds is 33. The number of carbonyl (C=O) groups excluding carboxylic acids is 7. The van der Waals surface area contributed by atoms with Gasteiger partial charge in [0.25, 0.3) is 21.9 Å². The molecule has 0 saturated heterocycles. The van der Waals surface area contributed by atoms with Crippen molar-refractivity contribution in [1.29, 1.82) is 0 Å². The van der Waals surface area contributed by atoms with Crippen LogP contribution in [-0.2, 0) is 64.9 Å². The number of para-hydroxylation sites is 1. The molecule has 4 bridgehead atoms. The number of aromatic nitrogens is 4. The number of hydrogen-bond donors (Lipinski definition) is 8. The Morgan fingerprint density at radius 1 is 0.822 bits per heavy atom. The maximum atomic E-state index is 14.7. The summed E-state index contributed by atoms with van der Waals surface area (Å²) >= 11 is 6.95. The molecule has 4 saturated carbocycles. The first-order valence-electron chi connectivity index (χ1n) is 34.1. The van der Waals surface area contributed by atoms with Gasteiger partial charge < -0.3 is 51.8 Å². The highest BCUT2D eigenvalue weighted by molar-refractivity contribution is 7.85. The third kappa shape index (κ3) is 18.5. The molecular formula is C71H90ClN13O14S2. The molecule has 10 N–H and O–H groups in total. The molecule has 4 fully saturated rings. The molecule has 27 nitrogen and oxygen atoms in total. The zero-order valence-electron chi connectivity index (χ0n) is 57.6. The second-order valence-electron chi connectivity index (χ2n) is 28.6. The molecule has 6 aromatic rings. The van der Waals surface area contributed by atoms with Crippen LogP contribution in [0.25, 0.3) is 21.3 Å². The summed E-state index contributed by atoms with van der Waals surface area (Å²) in [7, 11) is -4.54. The smallest absolute Gasteiger partial charge is 0.410 e. The highest BCUT2D eigenvalue weighted by atomic mass is 35.5. The second-order valence-corrected chi connectivity index (χ2v) is 31.4. The van der Waals surface area contributed by atoms with Gasteiger partial charge in [0, 0.05) is 80.3 Å². The number of thiazole rings is 1. The lowest BCUT2D eigenvalue weighted by atomic mass is 9.39. The Kier molecular flexibility index (Phi) is 23.5. The van der Waals surface area contributed by atoms with E-state index < -0.39 is 81.8 Å². The van der Waals surface area contributed by atoms with E-state index in [1.165, 1.54) is 33.3 Å². The van der Waals surface area contributed by atoms with Crippen LogP contribution in [0, 0.1) is 29.1 Å². The number of anilines is 3. The third-order valence-electron chi connectivity index (χ3n) is 19.8. The summed E-state index contributed by atoms with van der Waals surface area (Å²) in [5.74, 6) is -4.60. The SMILES string of the molecule is Cc1c(-c2ccc(N3CCc4cccc(C(=O)Nc5nc6ccccc6s5)c4C3)nc2C(=O)O)cnn1CC12CC3(C)CC(C)(C1)CC(OCCN(CCS(=O)(=O)O)C(=O)OCc1ccc(N(C(=O)[C@@H](NC(=O)CCCCCNC(=O)CCl)C(C)C)[C@@H](CCCNC(N)=O)C(N)=O)cc1)(C3)C2. The van der Waals surface area contributed by atoms with Crippen molar-refractivity contribution in [3.05, 3.63) is 119 Å². The largest absolute Gasteiger partial charge is 0.476 e. The summed E-state index contributed by atoms with van der Waals surface area (Å²) in [4.78, 5) is 119. The van der Waals surface area contributed by atoms with Crippen molar-refractivity contribution in [3.8, 4) is 11.1 Å². The van der Waals surface area contributed by atoms with Crippen LogP contribution >= 0.6 is 22.9 Å². The fourth-order valence-electron chi connectivity index (χ4n) is 16.4. The molecule has 11 rings (SSSR count). The number of nitrogens with one attached hydrogen (secondary N) is 4. The second kappa shape index (κ2) is 31.6. The summed E-state index contributed by atoms with van der Waals surface area (Å²) in [6.45, 7) is 11.0. The van der Waals surface area contributed by atoms with Gasteiger partial charge in [-0.25, -0.2) is 24.4 Å². The van der Waals surface area contributed by atoms with Gasteiger partial charge in [-0.3, -0.25) is 43.4 Å². The first kappa shape index (κ1) is 74.9. The molecule has 0 spiro atoms. The minimum atomic E-state index is -4.54. The molecule has 1 aliphatic heterocycles. The van der Waals surface area contributed by atoms with Gasteiger partial charge in [-0.05, 0) is 159 Å². The van der Waals surface area contributed by atoms with E-state index in [0.717, 1.165) is 59.1 Å². The molecule has 2 unspecified atom stereocenters. The predicted molar refractivity (Wildman–Crippen MR) is 382 cm³/mol. The van der Waals surface area contributed by atoms with E-state index in [1.807, 2.05) is 59.0 Å². The van der Waals surface area contributed by atoms with Crippen LogP contribution in [0.3, 0.4) is 0 Å². The van der Waals surface area contributed by atoms with Crippen molar-refractivity contribution in [2.75, 3.05) is 66.1 Å². The Balaban J connectivity index is 0.797. The summed E-state index contributed by atoms with van der Waals surface area (Å²) in [6, 6.07) is 20.0. The van der Waals surface area contributed by atoms with E-state index >= 15 is 0 Å². The topological polar surface area (TPSA) is 383 Å². The van der Waals surface area contributed by atoms with Gasteiger partial charge in [0.05, 0.1) is 34.4 Å². The number of aromatic carboxylic acids is 1. The first-order valence-corrected chi connectivity index (χ1v) is 37.1. The zero-order chi connectivity index (χ0) is 72.6. The van der Waals surface area contributed by atoms with Crippen molar-refractivity contribution >= 4 is 108 Å². The maximum Gasteiger partial charge on any atom is 0.410 e. The van der Waals surface area contributed by atoms with E-state index in [9.17, 15) is 56.4 Å². The number of fused-ring (bicyclic) bond motifs is 2. The predicted octanol–water partition coefficient (Wildman–Crippen LogP) is 8.73. The average molecular weight is 1450 g/mol. The summed E-state index contributed by atoms with van der Waals surface area (Å²) in [6.07, 6.45) is 8.29. The highest BCUT2D eigenvalue weighted by Crippen LogP contribution is 2.72. The van der Waals surface area contributed by atoms with E-state index in [0.29, 0.717) is 91.5 Å². The van der Waals surface area contributed by atoms with Gasteiger partial charge in [-0.1, -0.05) is 81.9 Å². The van der Waals surface area contributed by atoms with Crippen LogP contribution in [0.2, 0.25) is 0 Å². The summed E-state index contributed by atoms with van der Waals surface area (Å²) < 4.78 is 49.9. The fraction of sp³-hybridized carbons (Fsp3) is 0.507. The number of carboxylic acid groups (broad SMARTS) is 1. The number of carbonyl (C=O) groups is 8. The van der Waals surface area contributed by atoms with Crippen LogP contribution in [0.1, 0.15) is 148 Å². The number of primary amides is 2. The number of pyridine rings is 1. The standard InChI is InChI=1S/C71H90ClN13O14S2/c1-44(2)59(80-57(86)18-7-6-10-26-75-58(87)33-72)63(90)85(54(61(73)88)16-12-27-76-65(74)93)48-21-19-46(20-22-48)36-98-67(94)82(30-32-101(95,96)97)29-31-99-71-40-68(4)37-69(5,41-71)39-70(38-68,42-71)43-84-45(3)51(34-77-84)49-23-24-56(79-60(49)64(91)92)83-28-25-47-13-11-14-50(52(47)35-83)62(89)81-66-78-53-15-8-9-17-55(53)100-66/h8-9,11,13-15,17,19-24,34,44,54,59H,6-7,10,12,16,18,25-33,35-43H2,1-5H3,(H2,73,88)(H,75,87)(H,80,86)(H,91,92)(H3,74,76,93)(H,78,81,89)(H,95,96,97)/t54-,59-,68?,69?,70?,71?/m0/s1. The highest BCUT2D eigenvalue weighted by Gasteiger charge is 2.66. The number of nitrogens with zero attached hydrogens (tertiary/aromatic N) is 7. The number of benzene rings is 3. The van der Waals surface area contributed by atoms with Crippen molar-refractivity contribution < 1.29 is 65.9 Å². The molecule has 4 aliphatic carbocycles. The van der Waals surface area contributed by atoms with Gasteiger partial charge >= 0.3 is 18.1 Å². The lowest BCUT2D eigenvalue weighted by Gasteiger charge is -2.69. The molecule has 542 valence electrons. The molecule has 4 heterocycles. The van der Waals surface area contributed by atoms with Crippen molar-refractivity contribution in [2.24, 2.45) is 33.6 Å². The van der Waals surface area contributed by atoms with Crippen LogP contribution in [0.15, 0.2) is 85.1 Å². The molecule has 0 radical (unpaired) electrons. The Bertz CT molecular complexity index is 4150. The molecule has 5 aliphatic rings. The number of unbranched alkanes of at least 4 members (excludes halogenated alkanes) is 2.